The highest BCUT2D eigenvalue weighted by Crippen LogP contribution is 2.26. The first-order valence-electron chi connectivity index (χ1n) is 4.82. The van der Waals surface area contributed by atoms with Crippen LogP contribution in [0, 0.1) is 18.6 Å². The number of hydrogen-bond donors (Lipinski definition) is 1. The first-order chi connectivity index (χ1) is 7.54. The SMILES string of the molecule is Cc1cc(O)cc(-c2cc(F)cc(F)c2)c1. The maximum atomic E-state index is 13.0. The molecule has 0 unspecified atom stereocenters. The standard InChI is InChI=1S/C13H10F2O/c1-8-2-9(6-13(16)3-8)10-4-11(14)7-12(15)5-10/h2-7,16H,1H3. The highest BCUT2D eigenvalue weighted by Gasteiger charge is 2.04. The maximum absolute atomic E-state index is 13.0. The summed E-state index contributed by atoms with van der Waals surface area (Å²) in [4.78, 5) is 0. The summed E-state index contributed by atoms with van der Waals surface area (Å²) >= 11 is 0. The molecule has 0 aliphatic rings. The second kappa shape index (κ2) is 3.93. The fraction of sp³-hybridized carbons (Fsp3) is 0.0769. The predicted octanol–water partition coefficient (Wildman–Crippen LogP) is 3.65. The van der Waals surface area contributed by atoms with Gasteiger partial charge in [-0.15, -0.1) is 0 Å². The number of phenolic OH excluding ortho intramolecular Hbond substituents is 1. The second-order valence-electron chi connectivity index (χ2n) is 3.72. The smallest absolute Gasteiger partial charge is 0.126 e. The van der Waals surface area contributed by atoms with Gasteiger partial charge in [0.05, 0.1) is 0 Å². The third-order valence-corrected chi connectivity index (χ3v) is 2.26. The van der Waals surface area contributed by atoms with Crippen LogP contribution in [0.25, 0.3) is 11.1 Å². The number of halogens is 2. The van der Waals surface area contributed by atoms with Crippen LogP contribution >= 0.6 is 0 Å². The lowest BCUT2D eigenvalue weighted by molar-refractivity contribution is 0.475. The van der Waals surface area contributed by atoms with Crippen molar-refractivity contribution in [3.8, 4) is 16.9 Å². The third-order valence-electron chi connectivity index (χ3n) is 2.26. The van der Waals surface area contributed by atoms with E-state index >= 15 is 0 Å². The van der Waals surface area contributed by atoms with Gasteiger partial charge < -0.3 is 5.11 Å². The Labute approximate surface area is 92.0 Å². The molecule has 0 aromatic heterocycles. The molecule has 1 nitrogen and oxygen atoms in total. The normalized spacial score (nSPS) is 10.4. The second-order valence-corrected chi connectivity index (χ2v) is 3.72. The molecule has 0 fully saturated rings. The lowest BCUT2D eigenvalue weighted by Gasteiger charge is -2.05. The lowest BCUT2D eigenvalue weighted by atomic mass is 10.0. The van der Waals surface area contributed by atoms with E-state index in [1.165, 1.54) is 18.2 Å². The van der Waals surface area contributed by atoms with E-state index in [4.69, 9.17) is 0 Å². The molecule has 0 aliphatic heterocycles. The zero-order valence-corrected chi connectivity index (χ0v) is 8.67. The molecule has 0 saturated heterocycles. The highest BCUT2D eigenvalue weighted by atomic mass is 19.1. The number of rotatable bonds is 1. The molecule has 82 valence electrons. The zero-order chi connectivity index (χ0) is 11.7. The van der Waals surface area contributed by atoms with Crippen molar-refractivity contribution in [2.24, 2.45) is 0 Å². The molecule has 3 heteroatoms. The van der Waals surface area contributed by atoms with E-state index in [0.717, 1.165) is 11.6 Å². The minimum atomic E-state index is -0.629. The van der Waals surface area contributed by atoms with Gasteiger partial charge in [-0.2, -0.15) is 0 Å². The summed E-state index contributed by atoms with van der Waals surface area (Å²) in [5, 5.41) is 9.41. The Morgan fingerprint density at radius 1 is 0.812 bits per heavy atom. The van der Waals surface area contributed by atoms with Gasteiger partial charge in [0, 0.05) is 6.07 Å². The van der Waals surface area contributed by atoms with Gasteiger partial charge in [-0.05, 0) is 47.9 Å². The monoisotopic (exact) mass is 220 g/mol. The Kier molecular flexibility index (Phi) is 2.60. The van der Waals surface area contributed by atoms with E-state index in [9.17, 15) is 13.9 Å². The Bertz CT molecular complexity index is 445. The quantitative estimate of drug-likeness (QED) is 0.777. The number of aromatic hydroxyl groups is 1. The molecule has 0 heterocycles. The fourth-order valence-electron chi connectivity index (χ4n) is 1.65. The molecule has 0 radical (unpaired) electrons. The van der Waals surface area contributed by atoms with Crippen molar-refractivity contribution < 1.29 is 13.9 Å². The molecule has 16 heavy (non-hydrogen) atoms. The third kappa shape index (κ3) is 2.19. The predicted molar refractivity (Wildman–Crippen MR) is 58.2 cm³/mol. The van der Waals surface area contributed by atoms with Crippen molar-refractivity contribution >= 4 is 0 Å². The van der Waals surface area contributed by atoms with Gasteiger partial charge in [-0.3, -0.25) is 0 Å². The van der Waals surface area contributed by atoms with Crippen LogP contribution in [-0.4, -0.2) is 5.11 Å². The van der Waals surface area contributed by atoms with Crippen molar-refractivity contribution in [2.75, 3.05) is 0 Å². The summed E-state index contributed by atoms with van der Waals surface area (Å²) in [7, 11) is 0. The topological polar surface area (TPSA) is 20.2 Å². The van der Waals surface area contributed by atoms with E-state index in [0.29, 0.717) is 11.1 Å². The molecule has 0 amide bonds. The van der Waals surface area contributed by atoms with E-state index in [2.05, 4.69) is 0 Å². The van der Waals surface area contributed by atoms with E-state index < -0.39 is 11.6 Å². The maximum Gasteiger partial charge on any atom is 0.126 e. The minimum absolute atomic E-state index is 0.0830. The van der Waals surface area contributed by atoms with Crippen LogP contribution in [0.3, 0.4) is 0 Å². The molecule has 2 aromatic carbocycles. The van der Waals surface area contributed by atoms with Crippen molar-refractivity contribution in [3.05, 3.63) is 53.6 Å². The van der Waals surface area contributed by atoms with E-state index in [-0.39, 0.29) is 5.75 Å². The first kappa shape index (κ1) is 10.6. The largest absolute Gasteiger partial charge is 0.508 e. The average molecular weight is 220 g/mol. The molecule has 1 N–H and O–H groups in total. The molecular formula is C13H10F2O. The van der Waals surface area contributed by atoms with E-state index in [1.807, 2.05) is 0 Å². The minimum Gasteiger partial charge on any atom is -0.508 e. The van der Waals surface area contributed by atoms with E-state index in [1.54, 1.807) is 19.1 Å². The number of hydrogen-bond acceptors (Lipinski definition) is 1. The molecule has 0 atom stereocenters. The molecule has 2 rings (SSSR count). The van der Waals surface area contributed by atoms with Gasteiger partial charge in [0.2, 0.25) is 0 Å². The first-order valence-corrected chi connectivity index (χ1v) is 4.82. The van der Waals surface area contributed by atoms with Gasteiger partial charge in [0.1, 0.15) is 17.4 Å². The summed E-state index contributed by atoms with van der Waals surface area (Å²) < 4.78 is 26.0. The summed E-state index contributed by atoms with van der Waals surface area (Å²) in [5.41, 5.74) is 1.84. The van der Waals surface area contributed by atoms with Crippen molar-refractivity contribution in [1.82, 2.24) is 0 Å². The van der Waals surface area contributed by atoms with Gasteiger partial charge in [-0.25, -0.2) is 8.78 Å². The van der Waals surface area contributed by atoms with Crippen molar-refractivity contribution in [1.29, 1.82) is 0 Å². The summed E-state index contributed by atoms with van der Waals surface area (Å²) in [6.07, 6.45) is 0. The van der Waals surface area contributed by atoms with Crippen molar-refractivity contribution in [2.45, 2.75) is 6.92 Å². The highest BCUT2D eigenvalue weighted by molar-refractivity contribution is 5.66. The Morgan fingerprint density at radius 2 is 1.38 bits per heavy atom. The summed E-state index contributed by atoms with van der Waals surface area (Å²) in [6.45, 7) is 1.80. The van der Waals surface area contributed by atoms with Crippen LogP contribution in [0.5, 0.6) is 5.75 Å². The van der Waals surface area contributed by atoms with Crippen LogP contribution in [-0.2, 0) is 0 Å². The molecule has 0 aliphatic carbocycles. The van der Waals surface area contributed by atoms with Gasteiger partial charge in [0.15, 0.2) is 0 Å². The summed E-state index contributed by atoms with van der Waals surface area (Å²) in [6, 6.07) is 8.10. The Morgan fingerprint density at radius 3 is 1.94 bits per heavy atom. The Hall–Kier alpha value is -1.90. The van der Waals surface area contributed by atoms with Crippen LogP contribution in [0.1, 0.15) is 5.56 Å². The Balaban J connectivity index is 2.57. The fourth-order valence-corrected chi connectivity index (χ4v) is 1.65. The molecule has 2 aromatic rings. The number of benzene rings is 2. The van der Waals surface area contributed by atoms with Crippen LogP contribution in [0.15, 0.2) is 36.4 Å². The van der Waals surface area contributed by atoms with Gasteiger partial charge in [-0.1, -0.05) is 6.07 Å². The van der Waals surface area contributed by atoms with Crippen LogP contribution in [0.2, 0.25) is 0 Å². The molecular weight excluding hydrogens is 210 g/mol. The molecule has 0 saturated carbocycles. The summed E-state index contributed by atoms with van der Waals surface area (Å²) in [5.74, 6) is -1.17. The average Bonchev–Trinajstić information content (AvgIpc) is 2.14. The number of phenols is 1. The van der Waals surface area contributed by atoms with Crippen LogP contribution in [0.4, 0.5) is 8.78 Å². The number of aryl methyl sites for hydroxylation is 1. The van der Waals surface area contributed by atoms with Gasteiger partial charge in [0.25, 0.3) is 0 Å². The molecule has 0 bridgehead atoms. The lowest BCUT2D eigenvalue weighted by Crippen LogP contribution is -1.85. The van der Waals surface area contributed by atoms with Gasteiger partial charge >= 0.3 is 0 Å². The zero-order valence-electron chi connectivity index (χ0n) is 8.67. The molecule has 0 spiro atoms. The van der Waals surface area contributed by atoms with Crippen molar-refractivity contribution in [3.63, 3.8) is 0 Å². The van der Waals surface area contributed by atoms with Crippen LogP contribution < -0.4 is 0 Å².